The summed E-state index contributed by atoms with van der Waals surface area (Å²) in [6.07, 6.45) is -3.55. The maximum absolute atomic E-state index is 12.8. The molecular weight excluding hydrogens is 325 g/mol. The lowest BCUT2D eigenvalue weighted by Crippen LogP contribution is -2.08. The van der Waals surface area contributed by atoms with Crippen LogP contribution in [0.3, 0.4) is 0 Å². The van der Waals surface area contributed by atoms with Gasteiger partial charge in [-0.2, -0.15) is 18.2 Å². The van der Waals surface area contributed by atoms with Crippen LogP contribution in [0.5, 0.6) is 5.75 Å². The molecule has 0 saturated heterocycles. The van der Waals surface area contributed by atoms with Gasteiger partial charge in [-0.3, -0.25) is 0 Å². The maximum atomic E-state index is 12.8. The molecule has 0 N–H and O–H groups in total. The molecule has 0 spiro atoms. The van der Waals surface area contributed by atoms with Gasteiger partial charge in [0.25, 0.3) is 5.89 Å². The van der Waals surface area contributed by atoms with Crippen LogP contribution in [0.1, 0.15) is 17.3 Å². The second-order valence-corrected chi connectivity index (χ2v) is 6.60. The van der Waals surface area contributed by atoms with Crippen molar-refractivity contribution in [3.63, 3.8) is 0 Å². The molecule has 2 aromatic rings. The standard InChI is InChI=1S/C12H11F3N2O4S/c1-22(18,19)7-10-16-11(21-17-10)6-20-9-5-3-2-4-8(9)12(13,14)15/h2-5H,6-7H2,1H3. The van der Waals surface area contributed by atoms with Gasteiger partial charge in [0.2, 0.25) is 0 Å². The summed E-state index contributed by atoms with van der Waals surface area (Å²) in [5, 5.41) is 3.42. The molecule has 2 rings (SSSR count). The Kier molecular flexibility index (Phi) is 4.40. The Morgan fingerprint density at radius 1 is 1.27 bits per heavy atom. The fourth-order valence-electron chi connectivity index (χ4n) is 1.61. The first-order chi connectivity index (χ1) is 10.1. The lowest BCUT2D eigenvalue weighted by atomic mass is 10.2. The summed E-state index contributed by atoms with van der Waals surface area (Å²) in [4.78, 5) is 3.74. The van der Waals surface area contributed by atoms with E-state index in [9.17, 15) is 21.6 Å². The van der Waals surface area contributed by atoms with E-state index >= 15 is 0 Å². The molecule has 1 heterocycles. The molecule has 6 nitrogen and oxygen atoms in total. The van der Waals surface area contributed by atoms with Crippen molar-refractivity contribution in [1.29, 1.82) is 0 Å². The topological polar surface area (TPSA) is 82.3 Å². The van der Waals surface area contributed by atoms with Crippen molar-refractivity contribution >= 4 is 9.84 Å². The van der Waals surface area contributed by atoms with Gasteiger partial charge in [-0.1, -0.05) is 17.3 Å². The van der Waals surface area contributed by atoms with E-state index in [1.165, 1.54) is 12.1 Å². The second-order valence-electron chi connectivity index (χ2n) is 4.46. The van der Waals surface area contributed by atoms with Crippen LogP contribution in [0.15, 0.2) is 28.8 Å². The largest absolute Gasteiger partial charge is 0.483 e. The van der Waals surface area contributed by atoms with Crippen LogP contribution in [-0.4, -0.2) is 24.8 Å². The minimum atomic E-state index is -4.55. The number of rotatable bonds is 5. The van der Waals surface area contributed by atoms with E-state index in [4.69, 9.17) is 9.26 Å². The minimum Gasteiger partial charge on any atom is -0.483 e. The lowest BCUT2D eigenvalue weighted by molar-refractivity contribution is -0.139. The molecule has 0 unspecified atom stereocenters. The Morgan fingerprint density at radius 3 is 2.59 bits per heavy atom. The van der Waals surface area contributed by atoms with Crippen LogP contribution in [0.2, 0.25) is 0 Å². The molecule has 0 atom stereocenters. The number of alkyl halides is 3. The highest BCUT2D eigenvalue weighted by Gasteiger charge is 2.34. The van der Waals surface area contributed by atoms with Gasteiger partial charge in [0.05, 0.1) is 5.56 Å². The van der Waals surface area contributed by atoms with Crippen molar-refractivity contribution in [2.24, 2.45) is 0 Å². The first-order valence-corrected chi connectivity index (χ1v) is 7.99. The van der Waals surface area contributed by atoms with Crippen molar-refractivity contribution < 1.29 is 30.8 Å². The number of hydrogen-bond donors (Lipinski definition) is 0. The van der Waals surface area contributed by atoms with Gasteiger partial charge in [-0.15, -0.1) is 0 Å². The summed E-state index contributed by atoms with van der Waals surface area (Å²) in [5.74, 6) is -0.992. The fourth-order valence-corrected chi connectivity index (χ4v) is 2.19. The highest BCUT2D eigenvalue weighted by Crippen LogP contribution is 2.36. The van der Waals surface area contributed by atoms with E-state index < -0.39 is 33.9 Å². The molecule has 0 amide bonds. The van der Waals surface area contributed by atoms with Gasteiger partial charge in [-0.05, 0) is 12.1 Å². The summed E-state index contributed by atoms with van der Waals surface area (Å²) < 4.78 is 70.2. The van der Waals surface area contributed by atoms with Crippen LogP contribution in [0.25, 0.3) is 0 Å². The summed E-state index contributed by atoms with van der Waals surface area (Å²) in [6.45, 7) is -0.399. The number of nitrogens with zero attached hydrogens (tertiary/aromatic N) is 2. The molecule has 0 aliphatic rings. The molecule has 1 aromatic carbocycles. The van der Waals surface area contributed by atoms with E-state index in [1.807, 2.05) is 0 Å². The van der Waals surface area contributed by atoms with Crippen LogP contribution in [-0.2, 0) is 28.4 Å². The number of hydrogen-bond acceptors (Lipinski definition) is 6. The highest BCUT2D eigenvalue weighted by atomic mass is 32.2. The minimum absolute atomic E-state index is 0.0785. The van der Waals surface area contributed by atoms with Gasteiger partial charge in [0, 0.05) is 6.26 Å². The SMILES string of the molecule is CS(=O)(=O)Cc1noc(COc2ccccc2C(F)(F)F)n1. The Hall–Kier alpha value is -2.10. The summed E-state index contributed by atoms with van der Waals surface area (Å²) in [5.41, 5.74) is -0.925. The Balaban J connectivity index is 2.08. The molecule has 0 radical (unpaired) electrons. The van der Waals surface area contributed by atoms with Crippen molar-refractivity contribution in [3.8, 4) is 5.75 Å². The quantitative estimate of drug-likeness (QED) is 0.832. The van der Waals surface area contributed by atoms with Gasteiger partial charge in [0.15, 0.2) is 22.3 Å². The zero-order chi connectivity index (χ0) is 16.4. The Bertz CT molecular complexity index is 756. The molecule has 0 fully saturated rings. The molecule has 120 valence electrons. The van der Waals surface area contributed by atoms with Crippen LogP contribution < -0.4 is 4.74 Å². The molecule has 1 aromatic heterocycles. The van der Waals surface area contributed by atoms with Gasteiger partial charge >= 0.3 is 6.18 Å². The molecule has 0 saturated carbocycles. The average Bonchev–Trinajstić information content (AvgIpc) is 2.81. The first-order valence-electron chi connectivity index (χ1n) is 5.93. The smallest absolute Gasteiger partial charge is 0.419 e. The summed E-state index contributed by atoms with van der Waals surface area (Å²) >= 11 is 0. The molecular formula is C12H11F3N2O4S. The van der Waals surface area contributed by atoms with Crippen LogP contribution >= 0.6 is 0 Å². The fraction of sp³-hybridized carbons (Fsp3) is 0.333. The van der Waals surface area contributed by atoms with E-state index in [2.05, 4.69) is 10.1 Å². The number of para-hydroxylation sites is 1. The van der Waals surface area contributed by atoms with E-state index in [-0.39, 0.29) is 17.5 Å². The molecule has 10 heteroatoms. The third kappa shape index (κ3) is 4.45. The second kappa shape index (κ2) is 5.95. The molecule has 0 aliphatic carbocycles. The van der Waals surface area contributed by atoms with Gasteiger partial charge in [-0.25, -0.2) is 8.42 Å². The summed E-state index contributed by atoms with van der Waals surface area (Å²) in [7, 11) is -3.33. The Labute approximate surface area is 123 Å². The normalized spacial score (nSPS) is 12.4. The monoisotopic (exact) mass is 336 g/mol. The van der Waals surface area contributed by atoms with Crippen molar-refractivity contribution in [2.45, 2.75) is 18.5 Å². The summed E-state index contributed by atoms with van der Waals surface area (Å²) in [6, 6.07) is 4.69. The third-order valence-corrected chi connectivity index (χ3v) is 3.23. The first kappa shape index (κ1) is 16.3. The van der Waals surface area contributed by atoms with Crippen molar-refractivity contribution in [2.75, 3.05) is 6.26 Å². The van der Waals surface area contributed by atoms with Crippen molar-refractivity contribution in [1.82, 2.24) is 10.1 Å². The van der Waals surface area contributed by atoms with Crippen LogP contribution in [0.4, 0.5) is 13.2 Å². The van der Waals surface area contributed by atoms with Gasteiger partial charge < -0.3 is 9.26 Å². The molecule has 0 aliphatic heterocycles. The predicted octanol–water partition coefficient (Wildman–Crippen LogP) is 2.21. The van der Waals surface area contributed by atoms with E-state index in [0.717, 1.165) is 18.4 Å². The van der Waals surface area contributed by atoms with Gasteiger partial charge in [0.1, 0.15) is 11.5 Å². The van der Waals surface area contributed by atoms with E-state index in [1.54, 1.807) is 0 Å². The zero-order valence-electron chi connectivity index (χ0n) is 11.3. The molecule has 0 bridgehead atoms. The number of benzene rings is 1. The van der Waals surface area contributed by atoms with Crippen molar-refractivity contribution in [3.05, 3.63) is 41.5 Å². The third-order valence-electron chi connectivity index (χ3n) is 2.45. The highest BCUT2D eigenvalue weighted by molar-refractivity contribution is 7.89. The molecule has 22 heavy (non-hydrogen) atoms. The average molecular weight is 336 g/mol. The maximum Gasteiger partial charge on any atom is 0.419 e. The Morgan fingerprint density at radius 2 is 1.95 bits per heavy atom. The number of halogens is 3. The number of sulfone groups is 1. The van der Waals surface area contributed by atoms with E-state index in [0.29, 0.717) is 0 Å². The number of ether oxygens (including phenoxy) is 1. The zero-order valence-corrected chi connectivity index (χ0v) is 12.1. The predicted molar refractivity (Wildman–Crippen MR) is 68.6 cm³/mol. The number of aromatic nitrogens is 2. The lowest BCUT2D eigenvalue weighted by Gasteiger charge is -2.12. The van der Waals surface area contributed by atoms with Crippen LogP contribution in [0, 0.1) is 0 Å².